The molecule has 3 aromatic carbocycles. The minimum Gasteiger partial charge on any atom is -0.494 e. The number of para-hydroxylation sites is 2. The van der Waals surface area contributed by atoms with E-state index in [1.165, 1.54) is 11.8 Å². The molecule has 1 saturated heterocycles. The maximum atomic E-state index is 13.5. The smallest absolute Gasteiger partial charge is 0.271 e. The van der Waals surface area contributed by atoms with Crippen molar-refractivity contribution in [3.63, 3.8) is 0 Å². The molecule has 4 rings (SSSR count). The van der Waals surface area contributed by atoms with E-state index in [-0.39, 0.29) is 5.91 Å². The second-order valence-corrected chi connectivity index (χ2v) is 8.23. The van der Waals surface area contributed by atoms with Crippen LogP contribution in [-0.2, 0) is 4.79 Å². The van der Waals surface area contributed by atoms with Crippen LogP contribution in [0.2, 0.25) is 0 Å². The molecule has 1 fully saturated rings. The van der Waals surface area contributed by atoms with Gasteiger partial charge in [-0.05, 0) is 79.6 Å². The molecule has 0 atom stereocenters. The molecule has 0 radical (unpaired) electrons. The van der Waals surface area contributed by atoms with Gasteiger partial charge in [0, 0.05) is 0 Å². The number of carbonyl (C=O) groups excluding carboxylic acids is 1. The van der Waals surface area contributed by atoms with E-state index < -0.39 is 0 Å². The van der Waals surface area contributed by atoms with Gasteiger partial charge in [0.2, 0.25) is 0 Å². The molecule has 0 aromatic heterocycles. The molecule has 0 N–H and O–H groups in total. The third-order valence-electron chi connectivity index (χ3n) is 4.96. The summed E-state index contributed by atoms with van der Waals surface area (Å²) in [5.74, 6) is 0.713. The highest BCUT2D eigenvalue weighted by Gasteiger charge is 2.35. The van der Waals surface area contributed by atoms with E-state index in [1.54, 1.807) is 4.90 Å². The Kier molecular flexibility index (Phi) is 6.23. The van der Waals surface area contributed by atoms with Crippen LogP contribution >= 0.6 is 11.8 Å². The summed E-state index contributed by atoms with van der Waals surface area (Å²) in [7, 11) is 0. The van der Waals surface area contributed by atoms with Crippen LogP contribution in [0.15, 0.2) is 82.7 Å². The number of ether oxygens (including phenoxy) is 1. The summed E-state index contributed by atoms with van der Waals surface area (Å²) < 4.78 is 5.60. The fourth-order valence-electron chi connectivity index (χ4n) is 3.38. The Morgan fingerprint density at radius 1 is 0.968 bits per heavy atom. The Morgan fingerprint density at radius 2 is 1.71 bits per heavy atom. The molecular weight excluding hydrogens is 404 g/mol. The number of amides is 1. The van der Waals surface area contributed by atoms with Crippen LogP contribution in [0.25, 0.3) is 6.08 Å². The van der Waals surface area contributed by atoms with E-state index in [2.05, 4.69) is 0 Å². The predicted octanol–water partition coefficient (Wildman–Crippen LogP) is 6.51. The maximum Gasteiger partial charge on any atom is 0.271 e. The van der Waals surface area contributed by atoms with E-state index >= 15 is 0 Å². The fraction of sp³-hybridized carbons (Fsp3) is 0.154. The third kappa shape index (κ3) is 4.57. The van der Waals surface area contributed by atoms with Gasteiger partial charge in [0.1, 0.15) is 5.75 Å². The molecule has 0 unspecified atom stereocenters. The number of hydrogen-bond donors (Lipinski definition) is 0. The summed E-state index contributed by atoms with van der Waals surface area (Å²) in [5, 5.41) is 0.654. The number of aryl methyl sites for hydroxylation is 2. The molecule has 0 bridgehead atoms. The van der Waals surface area contributed by atoms with Crippen LogP contribution in [0.5, 0.6) is 5.75 Å². The Labute approximate surface area is 187 Å². The number of benzene rings is 3. The van der Waals surface area contributed by atoms with Crippen molar-refractivity contribution < 1.29 is 9.53 Å². The molecule has 0 saturated carbocycles. The number of nitrogens with zero attached hydrogens (tertiary/aromatic N) is 2. The summed E-state index contributed by atoms with van der Waals surface area (Å²) in [6, 6.07) is 23.6. The van der Waals surface area contributed by atoms with Crippen molar-refractivity contribution in [1.29, 1.82) is 0 Å². The Bertz CT molecular complexity index is 1180. The Hall–Kier alpha value is -3.31. The number of thioether (sulfide) groups is 1. The zero-order valence-electron chi connectivity index (χ0n) is 17.8. The second-order valence-electron chi connectivity index (χ2n) is 7.22. The molecule has 1 amide bonds. The fourth-order valence-corrected chi connectivity index (χ4v) is 4.37. The van der Waals surface area contributed by atoms with Gasteiger partial charge >= 0.3 is 0 Å². The van der Waals surface area contributed by atoms with Crippen molar-refractivity contribution in [1.82, 2.24) is 0 Å². The van der Waals surface area contributed by atoms with E-state index in [0.29, 0.717) is 16.7 Å². The minimum absolute atomic E-state index is 0.0755. The number of aliphatic imine (C=N–C) groups is 1. The molecule has 4 nitrogen and oxygen atoms in total. The molecule has 5 heteroatoms. The molecule has 1 heterocycles. The number of rotatable bonds is 5. The summed E-state index contributed by atoms with van der Waals surface area (Å²) in [5.41, 5.74) is 4.71. The van der Waals surface area contributed by atoms with Gasteiger partial charge < -0.3 is 4.74 Å². The maximum absolute atomic E-state index is 13.5. The summed E-state index contributed by atoms with van der Waals surface area (Å²) >= 11 is 1.39. The quantitative estimate of drug-likeness (QED) is 0.435. The minimum atomic E-state index is -0.0755. The van der Waals surface area contributed by atoms with Gasteiger partial charge in [-0.25, -0.2) is 4.99 Å². The Morgan fingerprint density at radius 3 is 2.45 bits per heavy atom. The van der Waals surface area contributed by atoms with Crippen LogP contribution in [0.4, 0.5) is 11.4 Å². The topological polar surface area (TPSA) is 41.9 Å². The molecule has 0 aliphatic carbocycles. The zero-order chi connectivity index (χ0) is 21.8. The van der Waals surface area contributed by atoms with Gasteiger partial charge in [-0.3, -0.25) is 9.69 Å². The van der Waals surface area contributed by atoms with Gasteiger partial charge in [0.05, 0.1) is 22.9 Å². The summed E-state index contributed by atoms with van der Waals surface area (Å²) in [6.07, 6.45) is 1.90. The van der Waals surface area contributed by atoms with Crippen LogP contribution < -0.4 is 9.64 Å². The molecule has 31 heavy (non-hydrogen) atoms. The average Bonchev–Trinajstić information content (AvgIpc) is 3.05. The largest absolute Gasteiger partial charge is 0.494 e. The standard InChI is InChI=1S/C26H24N2O2S/c1-4-30-21-13-9-12-20(16-21)17-24-25(29)28(23-15-8-6-11-19(23)3)26(31-24)27-22-14-7-5-10-18(22)2/h5-17H,4H2,1-3H3. The number of hydrogen-bond acceptors (Lipinski definition) is 4. The number of carbonyl (C=O) groups is 1. The molecular formula is C26H24N2O2S. The van der Waals surface area contributed by atoms with Gasteiger partial charge in [0.25, 0.3) is 5.91 Å². The first-order valence-corrected chi connectivity index (χ1v) is 11.1. The molecule has 1 aliphatic rings. The molecule has 156 valence electrons. The lowest BCUT2D eigenvalue weighted by molar-refractivity contribution is -0.113. The highest BCUT2D eigenvalue weighted by Crippen LogP contribution is 2.39. The van der Waals surface area contributed by atoms with Gasteiger partial charge in [0.15, 0.2) is 5.17 Å². The van der Waals surface area contributed by atoms with Gasteiger partial charge in [-0.1, -0.05) is 48.5 Å². The van der Waals surface area contributed by atoms with Gasteiger partial charge in [-0.2, -0.15) is 0 Å². The van der Waals surface area contributed by atoms with Crippen LogP contribution in [0, 0.1) is 13.8 Å². The Balaban J connectivity index is 1.78. The van der Waals surface area contributed by atoms with Crippen molar-refractivity contribution in [3.8, 4) is 5.75 Å². The van der Waals surface area contributed by atoms with Crippen LogP contribution in [0.3, 0.4) is 0 Å². The molecule has 0 spiro atoms. The average molecular weight is 429 g/mol. The normalized spacial score (nSPS) is 16.4. The summed E-state index contributed by atoms with van der Waals surface area (Å²) in [4.78, 5) is 20.7. The van der Waals surface area contributed by atoms with E-state index in [4.69, 9.17) is 9.73 Å². The summed E-state index contributed by atoms with van der Waals surface area (Å²) in [6.45, 7) is 6.58. The first-order valence-electron chi connectivity index (χ1n) is 10.2. The van der Waals surface area contributed by atoms with Crippen molar-refractivity contribution in [2.75, 3.05) is 11.5 Å². The van der Waals surface area contributed by atoms with Crippen molar-refractivity contribution in [2.24, 2.45) is 4.99 Å². The lowest BCUT2D eigenvalue weighted by Gasteiger charge is -2.18. The second kappa shape index (κ2) is 9.23. The number of anilines is 1. The lowest BCUT2D eigenvalue weighted by atomic mass is 10.1. The lowest BCUT2D eigenvalue weighted by Crippen LogP contribution is -2.29. The molecule has 1 aliphatic heterocycles. The van der Waals surface area contributed by atoms with Crippen molar-refractivity contribution in [3.05, 3.63) is 94.4 Å². The first-order chi connectivity index (χ1) is 15.1. The highest BCUT2D eigenvalue weighted by molar-refractivity contribution is 8.19. The van der Waals surface area contributed by atoms with Crippen molar-refractivity contribution >= 4 is 40.3 Å². The zero-order valence-corrected chi connectivity index (χ0v) is 18.6. The predicted molar refractivity (Wildman–Crippen MR) is 130 cm³/mol. The number of amidine groups is 1. The first kappa shape index (κ1) is 20.9. The molecule has 3 aromatic rings. The van der Waals surface area contributed by atoms with Gasteiger partial charge in [-0.15, -0.1) is 0 Å². The third-order valence-corrected chi connectivity index (χ3v) is 5.93. The van der Waals surface area contributed by atoms with E-state index in [9.17, 15) is 4.79 Å². The van der Waals surface area contributed by atoms with E-state index in [1.807, 2.05) is 99.6 Å². The van der Waals surface area contributed by atoms with Crippen molar-refractivity contribution in [2.45, 2.75) is 20.8 Å². The van der Waals surface area contributed by atoms with Crippen LogP contribution in [0.1, 0.15) is 23.6 Å². The van der Waals surface area contributed by atoms with E-state index in [0.717, 1.165) is 33.8 Å². The highest BCUT2D eigenvalue weighted by atomic mass is 32.2. The SMILES string of the molecule is CCOc1cccc(C=C2SC(=Nc3ccccc3C)N(c3ccccc3C)C2=O)c1. The van der Waals surface area contributed by atoms with Crippen LogP contribution in [-0.4, -0.2) is 17.7 Å². The monoisotopic (exact) mass is 428 g/mol.